The van der Waals surface area contributed by atoms with Gasteiger partial charge in [0, 0.05) is 19.5 Å². The van der Waals surface area contributed by atoms with Gasteiger partial charge in [0.25, 0.3) is 0 Å². The molecule has 14 heavy (non-hydrogen) atoms. The lowest BCUT2D eigenvalue weighted by atomic mass is 10.0. The average molecular weight is 196 g/mol. The van der Waals surface area contributed by atoms with Crippen LogP contribution in [-0.4, -0.2) is 49.7 Å². The first kappa shape index (κ1) is 8.68. The summed E-state index contributed by atoms with van der Waals surface area (Å²) >= 11 is 0. The number of esters is 1. The van der Waals surface area contributed by atoms with Crippen LogP contribution in [0.15, 0.2) is 0 Å². The van der Waals surface area contributed by atoms with Crippen molar-refractivity contribution in [2.45, 2.75) is 12.5 Å². The molecule has 4 heteroatoms. The third-order valence-electron chi connectivity index (χ3n) is 3.77. The van der Waals surface area contributed by atoms with Crippen molar-refractivity contribution >= 4 is 5.97 Å². The molecule has 0 saturated carbocycles. The Bertz CT molecular complexity index is 245. The molecule has 0 aromatic rings. The molecule has 0 amide bonds. The van der Waals surface area contributed by atoms with Crippen molar-refractivity contribution in [2.75, 3.05) is 32.8 Å². The number of nitrogens with one attached hydrogen (secondary N) is 1. The molecule has 3 saturated heterocycles. The van der Waals surface area contributed by atoms with Crippen LogP contribution in [0.25, 0.3) is 0 Å². The van der Waals surface area contributed by atoms with E-state index < -0.39 is 0 Å². The Labute approximate surface area is 83.6 Å². The van der Waals surface area contributed by atoms with E-state index in [1.54, 1.807) is 0 Å². The molecule has 3 aliphatic heterocycles. The molecule has 0 aromatic heterocycles. The normalized spacial score (nSPS) is 42.9. The Balaban J connectivity index is 1.67. The second-order valence-electron chi connectivity index (χ2n) is 4.60. The fourth-order valence-corrected chi connectivity index (χ4v) is 2.96. The van der Waals surface area contributed by atoms with Crippen LogP contribution in [0.5, 0.6) is 0 Å². The highest BCUT2D eigenvalue weighted by Crippen LogP contribution is 2.29. The van der Waals surface area contributed by atoms with Gasteiger partial charge in [0.15, 0.2) is 0 Å². The predicted octanol–water partition coefficient (Wildman–Crippen LogP) is -0.547. The predicted molar refractivity (Wildman–Crippen MR) is 50.8 cm³/mol. The Morgan fingerprint density at radius 2 is 2.00 bits per heavy atom. The number of hydrogen-bond donors (Lipinski definition) is 1. The largest absolute Gasteiger partial charge is 0.464 e. The summed E-state index contributed by atoms with van der Waals surface area (Å²) < 4.78 is 5.00. The summed E-state index contributed by atoms with van der Waals surface area (Å²) in [5.41, 5.74) is 0. The van der Waals surface area contributed by atoms with E-state index in [0.717, 1.165) is 44.4 Å². The molecule has 78 valence electrons. The molecular weight excluding hydrogens is 180 g/mol. The van der Waals surface area contributed by atoms with Gasteiger partial charge in [0.05, 0.1) is 6.61 Å². The number of hydrogen-bond acceptors (Lipinski definition) is 4. The van der Waals surface area contributed by atoms with Crippen LogP contribution in [0.1, 0.15) is 6.42 Å². The molecule has 3 fully saturated rings. The van der Waals surface area contributed by atoms with Crippen LogP contribution in [0.3, 0.4) is 0 Å². The van der Waals surface area contributed by atoms with E-state index in [-0.39, 0.29) is 12.0 Å². The van der Waals surface area contributed by atoms with Gasteiger partial charge in [-0.3, -0.25) is 9.69 Å². The van der Waals surface area contributed by atoms with Gasteiger partial charge in [-0.15, -0.1) is 0 Å². The number of ether oxygens (including phenoxy) is 1. The number of carbonyl (C=O) groups is 1. The second kappa shape index (κ2) is 3.21. The number of cyclic esters (lactones) is 1. The van der Waals surface area contributed by atoms with Crippen LogP contribution in [0.2, 0.25) is 0 Å². The second-order valence-corrected chi connectivity index (χ2v) is 4.60. The lowest BCUT2D eigenvalue weighted by molar-refractivity contribution is -0.142. The minimum absolute atomic E-state index is 0.00191. The Morgan fingerprint density at radius 1 is 1.29 bits per heavy atom. The number of nitrogens with zero attached hydrogens (tertiary/aromatic N) is 1. The highest BCUT2D eigenvalue weighted by molar-refractivity contribution is 5.77. The summed E-state index contributed by atoms with van der Waals surface area (Å²) in [6.45, 7) is 5.04. The van der Waals surface area contributed by atoms with Crippen molar-refractivity contribution < 1.29 is 9.53 Å². The fraction of sp³-hybridized carbons (Fsp3) is 0.900. The standard InChI is InChI=1S/C10H16N2O2/c13-10-9(1-2-14-10)12-5-7-3-11-4-8(7)6-12/h7-9,11H,1-6H2. The van der Waals surface area contributed by atoms with E-state index in [1.807, 2.05) is 0 Å². The van der Waals surface area contributed by atoms with Gasteiger partial charge in [-0.2, -0.15) is 0 Å². The first-order valence-corrected chi connectivity index (χ1v) is 5.46. The third kappa shape index (κ3) is 1.25. The summed E-state index contributed by atoms with van der Waals surface area (Å²) in [5, 5.41) is 3.40. The molecule has 3 atom stereocenters. The molecular formula is C10H16N2O2. The molecule has 3 unspecified atom stereocenters. The quantitative estimate of drug-likeness (QED) is 0.572. The highest BCUT2D eigenvalue weighted by Gasteiger charge is 2.42. The molecule has 3 rings (SSSR count). The van der Waals surface area contributed by atoms with Gasteiger partial charge in [-0.1, -0.05) is 0 Å². The zero-order chi connectivity index (χ0) is 9.54. The van der Waals surface area contributed by atoms with Gasteiger partial charge < -0.3 is 10.1 Å². The first-order valence-electron chi connectivity index (χ1n) is 5.46. The average Bonchev–Trinajstić information content (AvgIpc) is 2.75. The third-order valence-corrected chi connectivity index (χ3v) is 3.77. The first-order chi connectivity index (χ1) is 6.84. The summed E-state index contributed by atoms with van der Waals surface area (Å²) in [6.07, 6.45) is 0.895. The Morgan fingerprint density at radius 3 is 2.57 bits per heavy atom. The lowest BCUT2D eigenvalue weighted by Gasteiger charge is -2.20. The SMILES string of the molecule is O=C1OCCC1N1CC2CNCC2C1. The molecule has 0 aromatic carbocycles. The van der Waals surface area contributed by atoms with E-state index in [9.17, 15) is 4.79 Å². The molecule has 0 spiro atoms. The molecule has 3 aliphatic rings. The molecule has 4 nitrogen and oxygen atoms in total. The topological polar surface area (TPSA) is 41.6 Å². The van der Waals surface area contributed by atoms with Crippen molar-refractivity contribution in [3.05, 3.63) is 0 Å². The van der Waals surface area contributed by atoms with Crippen LogP contribution < -0.4 is 5.32 Å². The van der Waals surface area contributed by atoms with E-state index >= 15 is 0 Å². The van der Waals surface area contributed by atoms with Crippen LogP contribution in [-0.2, 0) is 9.53 Å². The highest BCUT2D eigenvalue weighted by atomic mass is 16.5. The maximum absolute atomic E-state index is 11.4. The van der Waals surface area contributed by atoms with Crippen LogP contribution in [0, 0.1) is 11.8 Å². The van der Waals surface area contributed by atoms with Gasteiger partial charge in [0.1, 0.15) is 6.04 Å². The van der Waals surface area contributed by atoms with Crippen LogP contribution in [0.4, 0.5) is 0 Å². The summed E-state index contributed by atoms with van der Waals surface area (Å²) in [6, 6.07) is 0.0700. The summed E-state index contributed by atoms with van der Waals surface area (Å²) in [4.78, 5) is 13.7. The zero-order valence-electron chi connectivity index (χ0n) is 8.24. The molecule has 0 bridgehead atoms. The monoisotopic (exact) mass is 196 g/mol. The van der Waals surface area contributed by atoms with E-state index in [2.05, 4.69) is 10.2 Å². The van der Waals surface area contributed by atoms with Gasteiger partial charge in [-0.05, 0) is 24.9 Å². The number of fused-ring (bicyclic) bond motifs is 1. The number of carbonyl (C=O) groups excluding carboxylic acids is 1. The van der Waals surface area contributed by atoms with E-state index in [0.29, 0.717) is 6.61 Å². The smallest absolute Gasteiger partial charge is 0.323 e. The minimum atomic E-state index is -0.00191. The van der Waals surface area contributed by atoms with Crippen LogP contribution >= 0.6 is 0 Å². The minimum Gasteiger partial charge on any atom is -0.464 e. The molecule has 0 aliphatic carbocycles. The van der Waals surface area contributed by atoms with Gasteiger partial charge >= 0.3 is 5.97 Å². The Hall–Kier alpha value is -0.610. The van der Waals surface area contributed by atoms with Gasteiger partial charge in [-0.25, -0.2) is 0 Å². The van der Waals surface area contributed by atoms with E-state index in [1.165, 1.54) is 0 Å². The molecule has 0 radical (unpaired) electrons. The van der Waals surface area contributed by atoms with Gasteiger partial charge in [0.2, 0.25) is 0 Å². The zero-order valence-corrected chi connectivity index (χ0v) is 8.24. The van der Waals surface area contributed by atoms with Crippen molar-refractivity contribution in [1.29, 1.82) is 0 Å². The Kier molecular flexibility index (Phi) is 1.99. The number of rotatable bonds is 1. The van der Waals surface area contributed by atoms with E-state index in [4.69, 9.17) is 4.74 Å². The molecule has 1 N–H and O–H groups in total. The maximum Gasteiger partial charge on any atom is 0.323 e. The fourth-order valence-electron chi connectivity index (χ4n) is 2.96. The maximum atomic E-state index is 11.4. The van der Waals surface area contributed by atoms with Crippen molar-refractivity contribution in [2.24, 2.45) is 11.8 Å². The van der Waals surface area contributed by atoms with Crippen molar-refractivity contribution in [3.63, 3.8) is 0 Å². The van der Waals surface area contributed by atoms with Crippen molar-refractivity contribution in [1.82, 2.24) is 10.2 Å². The molecule has 3 heterocycles. The summed E-state index contributed by atoms with van der Waals surface area (Å²) in [7, 11) is 0. The lowest BCUT2D eigenvalue weighted by Crippen LogP contribution is -2.38. The summed E-state index contributed by atoms with van der Waals surface area (Å²) in [5.74, 6) is 1.53. The number of likely N-dealkylation sites (tertiary alicyclic amines) is 1. The van der Waals surface area contributed by atoms with Crippen molar-refractivity contribution in [3.8, 4) is 0 Å².